The molecule has 2 N–H and O–H groups in total. The smallest absolute Gasteiger partial charge is 0.253 e. The lowest BCUT2D eigenvalue weighted by Gasteiger charge is -2.28. The van der Waals surface area contributed by atoms with Gasteiger partial charge in [-0.1, -0.05) is 18.2 Å². The van der Waals surface area contributed by atoms with Gasteiger partial charge in [0, 0.05) is 29.2 Å². The molecule has 1 aromatic heterocycles. The van der Waals surface area contributed by atoms with E-state index in [1.807, 2.05) is 38.1 Å². The molecule has 1 fully saturated rings. The van der Waals surface area contributed by atoms with Crippen LogP contribution in [0.2, 0.25) is 0 Å². The molecule has 1 saturated heterocycles. The monoisotopic (exact) mass is 347 g/mol. The first-order chi connectivity index (χ1) is 11.1. The van der Waals surface area contributed by atoms with Crippen LogP contribution in [0.25, 0.3) is 5.69 Å². The summed E-state index contributed by atoms with van der Waals surface area (Å²) in [6, 6.07) is 12.9. The lowest BCUT2D eigenvalue weighted by atomic mass is 10.0. The van der Waals surface area contributed by atoms with Crippen LogP contribution in [0.5, 0.6) is 0 Å². The molecule has 0 radical (unpaired) electrons. The highest BCUT2D eigenvalue weighted by Crippen LogP contribution is 2.21. The Balaban J connectivity index is 0.00000208. The zero-order valence-corrected chi connectivity index (χ0v) is 15.3. The summed E-state index contributed by atoms with van der Waals surface area (Å²) >= 11 is 0. The number of hydrogen-bond acceptors (Lipinski definition) is 2. The van der Waals surface area contributed by atoms with Gasteiger partial charge in [-0.3, -0.25) is 4.79 Å². The van der Waals surface area contributed by atoms with Crippen LogP contribution in [-0.2, 0) is 0 Å². The van der Waals surface area contributed by atoms with Crippen molar-refractivity contribution < 1.29 is 4.79 Å². The van der Waals surface area contributed by atoms with E-state index in [0.717, 1.165) is 42.0 Å². The number of aromatic nitrogens is 1. The Morgan fingerprint density at radius 3 is 2.62 bits per heavy atom. The van der Waals surface area contributed by atoms with Gasteiger partial charge in [0.25, 0.3) is 5.91 Å². The zero-order valence-electron chi connectivity index (χ0n) is 14.5. The molecule has 24 heavy (non-hydrogen) atoms. The van der Waals surface area contributed by atoms with E-state index in [4.69, 9.17) is 0 Å². The Labute approximate surface area is 150 Å². The molecule has 5 heteroatoms. The van der Waals surface area contributed by atoms with Crippen LogP contribution in [0.4, 0.5) is 0 Å². The molecule has 0 aliphatic carbocycles. The summed E-state index contributed by atoms with van der Waals surface area (Å²) < 4.78 is 2.14. The van der Waals surface area contributed by atoms with E-state index in [1.54, 1.807) is 0 Å². The van der Waals surface area contributed by atoms with Crippen molar-refractivity contribution in [3.63, 3.8) is 0 Å². The number of hydrogen-bond donors (Lipinski definition) is 2. The first kappa shape index (κ1) is 18.6. The minimum absolute atomic E-state index is 0. The van der Waals surface area contributed by atoms with Crippen molar-refractivity contribution in [1.82, 2.24) is 15.2 Å². The Morgan fingerprint density at radius 2 is 1.96 bits per heavy atom. The molecule has 4 nitrogen and oxygen atoms in total. The van der Waals surface area contributed by atoms with Gasteiger partial charge in [0.2, 0.25) is 0 Å². The molecule has 1 amide bonds. The fourth-order valence-corrected chi connectivity index (χ4v) is 3.49. The van der Waals surface area contributed by atoms with Crippen LogP contribution >= 0.6 is 12.4 Å². The maximum absolute atomic E-state index is 12.7. The molecule has 1 aliphatic rings. The third-order valence-electron chi connectivity index (χ3n) is 4.65. The van der Waals surface area contributed by atoms with Gasteiger partial charge in [-0.25, -0.2) is 0 Å². The minimum Gasteiger partial charge on any atom is -0.349 e. The summed E-state index contributed by atoms with van der Waals surface area (Å²) in [6.07, 6.45) is 1.98. The molecule has 1 aliphatic heterocycles. The number of nitrogens with zero attached hydrogens (tertiary/aromatic N) is 1. The van der Waals surface area contributed by atoms with E-state index in [0.29, 0.717) is 6.04 Å². The number of para-hydroxylation sites is 1. The molecule has 0 saturated carbocycles. The van der Waals surface area contributed by atoms with Crippen LogP contribution < -0.4 is 10.6 Å². The van der Waals surface area contributed by atoms with E-state index in [1.165, 1.54) is 0 Å². The fraction of sp³-hybridized carbons (Fsp3) is 0.421. The number of amides is 1. The number of benzene rings is 1. The predicted octanol–water partition coefficient (Wildman–Crippen LogP) is 3.39. The standard InChI is InChI=1S/C19H25N3O.ClH/c1-13-11-16(9-10-20-13)21-19(23)18-12-14(2)22(15(18)3)17-7-5-4-6-8-17;/h4-8,12-13,16,20H,9-11H2,1-3H3,(H,21,23);1H. The van der Waals surface area contributed by atoms with Crippen molar-refractivity contribution in [3.8, 4) is 5.69 Å². The third-order valence-corrected chi connectivity index (χ3v) is 4.65. The van der Waals surface area contributed by atoms with Crippen molar-refractivity contribution >= 4 is 18.3 Å². The number of rotatable bonds is 3. The van der Waals surface area contributed by atoms with Crippen LogP contribution in [-0.4, -0.2) is 29.1 Å². The van der Waals surface area contributed by atoms with E-state index in [-0.39, 0.29) is 24.4 Å². The van der Waals surface area contributed by atoms with Gasteiger partial charge in [0.05, 0.1) is 5.56 Å². The van der Waals surface area contributed by atoms with E-state index in [9.17, 15) is 4.79 Å². The SMILES string of the molecule is Cc1cc(C(=O)NC2CCNC(C)C2)c(C)n1-c1ccccc1.Cl. The van der Waals surface area contributed by atoms with Crippen LogP contribution in [0.3, 0.4) is 0 Å². The predicted molar refractivity (Wildman–Crippen MR) is 100 cm³/mol. The van der Waals surface area contributed by atoms with Crippen molar-refractivity contribution in [3.05, 3.63) is 53.3 Å². The molecule has 2 heterocycles. The number of halogens is 1. The summed E-state index contributed by atoms with van der Waals surface area (Å²) in [6.45, 7) is 7.19. The zero-order chi connectivity index (χ0) is 16.4. The summed E-state index contributed by atoms with van der Waals surface area (Å²) in [4.78, 5) is 12.7. The summed E-state index contributed by atoms with van der Waals surface area (Å²) in [7, 11) is 0. The number of carbonyl (C=O) groups is 1. The topological polar surface area (TPSA) is 46.1 Å². The molecule has 1 aromatic carbocycles. The van der Waals surface area contributed by atoms with Gasteiger partial charge < -0.3 is 15.2 Å². The fourth-order valence-electron chi connectivity index (χ4n) is 3.49. The van der Waals surface area contributed by atoms with Gasteiger partial charge in [0.1, 0.15) is 0 Å². The second-order valence-electron chi connectivity index (χ2n) is 6.51. The minimum atomic E-state index is 0. The lowest BCUT2D eigenvalue weighted by molar-refractivity contribution is 0.0925. The normalized spacial score (nSPS) is 20.3. The van der Waals surface area contributed by atoms with Crippen LogP contribution in [0.15, 0.2) is 36.4 Å². The summed E-state index contributed by atoms with van der Waals surface area (Å²) in [5.74, 6) is 0.0411. The van der Waals surface area contributed by atoms with Gasteiger partial charge in [-0.2, -0.15) is 0 Å². The van der Waals surface area contributed by atoms with Crippen molar-refractivity contribution in [2.45, 2.75) is 45.7 Å². The average Bonchev–Trinajstić information content (AvgIpc) is 2.83. The van der Waals surface area contributed by atoms with Crippen LogP contribution in [0.1, 0.15) is 41.5 Å². The van der Waals surface area contributed by atoms with Gasteiger partial charge in [-0.05, 0) is 58.4 Å². The largest absolute Gasteiger partial charge is 0.349 e. The first-order valence-corrected chi connectivity index (χ1v) is 8.35. The molecule has 0 spiro atoms. The Kier molecular flexibility index (Phi) is 6.08. The quantitative estimate of drug-likeness (QED) is 0.894. The highest BCUT2D eigenvalue weighted by atomic mass is 35.5. The van der Waals surface area contributed by atoms with E-state index in [2.05, 4.69) is 34.3 Å². The second kappa shape index (κ2) is 7.86. The number of aryl methyl sites for hydroxylation is 1. The van der Waals surface area contributed by atoms with Crippen molar-refractivity contribution in [2.24, 2.45) is 0 Å². The highest BCUT2D eigenvalue weighted by molar-refractivity contribution is 5.96. The highest BCUT2D eigenvalue weighted by Gasteiger charge is 2.23. The Bertz CT molecular complexity index is 696. The average molecular weight is 348 g/mol. The third kappa shape index (κ3) is 3.82. The van der Waals surface area contributed by atoms with Crippen LogP contribution in [0, 0.1) is 13.8 Å². The number of carbonyl (C=O) groups excluding carboxylic acids is 1. The first-order valence-electron chi connectivity index (χ1n) is 8.35. The Hall–Kier alpha value is -1.78. The Morgan fingerprint density at radius 1 is 1.25 bits per heavy atom. The number of piperidine rings is 1. The molecule has 3 rings (SSSR count). The maximum atomic E-state index is 12.7. The molecular formula is C19H26ClN3O. The maximum Gasteiger partial charge on any atom is 0.253 e. The molecule has 130 valence electrons. The van der Waals surface area contributed by atoms with Crippen molar-refractivity contribution in [1.29, 1.82) is 0 Å². The molecule has 0 bridgehead atoms. The summed E-state index contributed by atoms with van der Waals surface area (Å²) in [5, 5.41) is 6.62. The van der Waals surface area contributed by atoms with E-state index < -0.39 is 0 Å². The second-order valence-corrected chi connectivity index (χ2v) is 6.51. The number of nitrogens with one attached hydrogen (secondary N) is 2. The summed E-state index contributed by atoms with van der Waals surface area (Å²) in [5.41, 5.74) is 3.94. The van der Waals surface area contributed by atoms with Gasteiger partial charge >= 0.3 is 0 Å². The molecular weight excluding hydrogens is 322 g/mol. The lowest BCUT2D eigenvalue weighted by Crippen LogP contribution is -2.46. The van der Waals surface area contributed by atoms with E-state index >= 15 is 0 Å². The van der Waals surface area contributed by atoms with Gasteiger partial charge in [0.15, 0.2) is 0 Å². The molecule has 2 aromatic rings. The molecule has 2 unspecified atom stereocenters. The molecule has 2 atom stereocenters. The van der Waals surface area contributed by atoms with Crippen molar-refractivity contribution in [2.75, 3.05) is 6.54 Å². The van der Waals surface area contributed by atoms with Gasteiger partial charge in [-0.15, -0.1) is 12.4 Å².